The maximum absolute atomic E-state index is 12.2. The SMILES string of the molecule is COc1ccc(C(=O)CCCC(=O)NCc2ccc(N3CCNC(=O)C3)cc2)cc1. The first kappa shape index (κ1) is 21.4. The first-order valence-corrected chi connectivity index (χ1v) is 10.1. The van der Waals surface area contributed by atoms with Gasteiger partial charge in [0, 0.05) is 43.7 Å². The second-order valence-corrected chi connectivity index (χ2v) is 7.22. The fourth-order valence-electron chi connectivity index (χ4n) is 3.30. The Morgan fingerprint density at radius 1 is 1.07 bits per heavy atom. The second kappa shape index (κ2) is 10.4. The van der Waals surface area contributed by atoms with Gasteiger partial charge in [0.25, 0.3) is 0 Å². The van der Waals surface area contributed by atoms with Crippen molar-refractivity contribution in [3.63, 3.8) is 0 Å². The van der Waals surface area contributed by atoms with Crippen molar-refractivity contribution in [2.75, 3.05) is 31.6 Å². The molecular weight excluding hydrogens is 382 g/mol. The lowest BCUT2D eigenvalue weighted by Gasteiger charge is -2.28. The van der Waals surface area contributed by atoms with Gasteiger partial charge in [-0.3, -0.25) is 14.4 Å². The van der Waals surface area contributed by atoms with Crippen LogP contribution in [-0.4, -0.2) is 44.3 Å². The molecule has 2 amide bonds. The molecule has 0 atom stereocenters. The minimum Gasteiger partial charge on any atom is -0.497 e. The average molecular weight is 409 g/mol. The third kappa shape index (κ3) is 6.07. The lowest BCUT2D eigenvalue weighted by atomic mass is 10.1. The van der Waals surface area contributed by atoms with E-state index < -0.39 is 0 Å². The number of carbonyl (C=O) groups excluding carboxylic acids is 3. The van der Waals surface area contributed by atoms with Gasteiger partial charge in [0.1, 0.15) is 5.75 Å². The van der Waals surface area contributed by atoms with E-state index in [1.54, 1.807) is 31.4 Å². The molecule has 7 heteroatoms. The third-order valence-corrected chi connectivity index (χ3v) is 5.05. The molecule has 2 aromatic rings. The topological polar surface area (TPSA) is 87.7 Å². The average Bonchev–Trinajstić information content (AvgIpc) is 2.78. The monoisotopic (exact) mass is 409 g/mol. The van der Waals surface area contributed by atoms with Gasteiger partial charge in [-0.05, 0) is 48.4 Å². The molecule has 2 N–H and O–H groups in total. The van der Waals surface area contributed by atoms with E-state index >= 15 is 0 Å². The van der Waals surface area contributed by atoms with Gasteiger partial charge in [-0.25, -0.2) is 0 Å². The van der Waals surface area contributed by atoms with Crippen molar-refractivity contribution in [2.45, 2.75) is 25.8 Å². The van der Waals surface area contributed by atoms with E-state index in [1.807, 2.05) is 29.2 Å². The van der Waals surface area contributed by atoms with Crippen molar-refractivity contribution >= 4 is 23.3 Å². The molecule has 0 aromatic heterocycles. The summed E-state index contributed by atoms with van der Waals surface area (Å²) < 4.78 is 5.08. The van der Waals surface area contributed by atoms with Crippen LogP contribution in [-0.2, 0) is 16.1 Å². The Morgan fingerprint density at radius 3 is 2.47 bits per heavy atom. The van der Waals surface area contributed by atoms with Gasteiger partial charge < -0.3 is 20.3 Å². The molecule has 0 saturated carbocycles. The smallest absolute Gasteiger partial charge is 0.239 e. The van der Waals surface area contributed by atoms with Crippen LogP contribution in [0.15, 0.2) is 48.5 Å². The van der Waals surface area contributed by atoms with Crippen LogP contribution >= 0.6 is 0 Å². The molecule has 0 bridgehead atoms. The number of carbonyl (C=O) groups is 3. The van der Waals surface area contributed by atoms with E-state index in [1.165, 1.54) is 0 Å². The van der Waals surface area contributed by atoms with Crippen LogP contribution in [0.5, 0.6) is 5.75 Å². The molecule has 0 unspecified atom stereocenters. The predicted octanol–water partition coefficient (Wildman–Crippen LogP) is 2.30. The fraction of sp³-hybridized carbons (Fsp3) is 0.348. The van der Waals surface area contributed by atoms with E-state index in [0.29, 0.717) is 50.2 Å². The van der Waals surface area contributed by atoms with Crippen molar-refractivity contribution in [1.82, 2.24) is 10.6 Å². The van der Waals surface area contributed by atoms with Gasteiger partial charge in [-0.15, -0.1) is 0 Å². The Bertz CT molecular complexity index is 878. The Balaban J connectivity index is 1.38. The normalized spacial score (nSPS) is 13.5. The number of ether oxygens (including phenoxy) is 1. The number of piperazine rings is 1. The van der Waals surface area contributed by atoms with E-state index in [0.717, 1.165) is 17.8 Å². The molecule has 0 radical (unpaired) electrons. The summed E-state index contributed by atoms with van der Waals surface area (Å²) in [6.07, 6.45) is 1.15. The summed E-state index contributed by atoms with van der Waals surface area (Å²) in [5.74, 6) is 0.685. The number of ketones is 1. The van der Waals surface area contributed by atoms with Gasteiger partial charge in [-0.1, -0.05) is 12.1 Å². The molecule has 1 fully saturated rings. The predicted molar refractivity (Wildman–Crippen MR) is 115 cm³/mol. The number of nitrogens with one attached hydrogen (secondary N) is 2. The minimum atomic E-state index is -0.0747. The number of anilines is 1. The van der Waals surface area contributed by atoms with Crippen molar-refractivity contribution in [2.24, 2.45) is 0 Å². The molecular formula is C23H27N3O4. The quantitative estimate of drug-likeness (QED) is 0.621. The van der Waals surface area contributed by atoms with Crippen molar-refractivity contribution in [3.8, 4) is 5.75 Å². The van der Waals surface area contributed by atoms with Crippen LogP contribution in [0, 0.1) is 0 Å². The number of hydrogen-bond acceptors (Lipinski definition) is 5. The Hall–Kier alpha value is -3.35. The standard InChI is InChI=1S/C23H27N3O4/c1-30-20-11-7-18(8-12-20)21(27)3-2-4-22(28)25-15-17-5-9-19(10-6-17)26-14-13-24-23(29)16-26/h5-12H,2-4,13-16H2,1H3,(H,24,29)(H,25,28). The summed E-state index contributed by atoms with van der Waals surface area (Å²) in [7, 11) is 1.58. The fourth-order valence-corrected chi connectivity index (χ4v) is 3.30. The van der Waals surface area contributed by atoms with Crippen LogP contribution in [0.25, 0.3) is 0 Å². The van der Waals surface area contributed by atoms with Gasteiger partial charge in [0.05, 0.1) is 13.7 Å². The zero-order chi connectivity index (χ0) is 21.3. The molecule has 0 aliphatic carbocycles. The second-order valence-electron chi connectivity index (χ2n) is 7.22. The molecule has 158 valence electrons. The van der Waals surface area contributed by atoms with E-state index in [2.05, 4.69) is 10.6 Å². The van der Waals surface area contributed by atoms with Crippen LogP contribution in [0.4, 0.5) is 5.69 Å². The maximum atomic E-state index is 12.2. The van der Waals surface area contributed by atoms with Gasteiger partial charge >= 0.3 is 0 Å². The van der Waals surface area contributed by atoms with Crippen LogP contribution < -0.4 is 20.3 Å². The summed E-state index contributed by atoms with van der Waals surface area (Å²) in [5.41, 5.74) is 2.61. The highest BCUT2D eigenvalue weighted by Gasteiger charge is 2.16. The maximum Gasteiger partial charge on any atom is 0.239 e. The molecule has 0 spiro atoms. The first-order chi connectivity index (χ1) is 14.5. The lowest BCUT2D eigenvalue weighted by molar-refractivity contribution is -0.121. The highest BCUT2D eigenvalue weighted by Crippen LogP contribution is 2.16. The summed E-state index contributed by atoms with van der Waals surface area (Å²) in [6, 6.07) is 14.8. The summed E-state index contributed by atoms with van der Waals surface area (Å²) in [4.78, 5) is 37.8. The number of benzene rings is 2. The van der Waals surface area contributed by atoms with Gasteiger partial charge in [0.15, 0.2) is 5.78 Å². The van der Waals surface area contributed by atoms with Crippen LogP contribution in [0.1, 0.15) is 35.2 Å². The summed E-state index contributed by atoms with van der Waals surface area (Å²) >= 11 is 0. The number of amides is 2. The third-order valence-electron chi connectivity index (χ3n) is 5.05. The summed E-state index contributed by atoms with van der Waals surface area (Å²) in [6.45, 7) is 2.24. The Kier molecular flexibility index (Phi) is 7.43. The zero-order valence-corrected chi connectivity index (χ0v) is 17.1. The molecule has 1 aliphatic heterocycles. The number of Topliss-reactive ketones (excluding diaryl/α,β-unsaturated/α-hetero) is 1. The van der Waals surface area contributed by atoms with E-state index in [9.17, 15) is 14.4 Å². The van der Waals surface area contributed by atoms with Crippen LogP contribution in [0.2, 0.25) is 0 Å². The molecule has 7 nitrogen and oxygen atoms in total. The number of hydrogen-bond donors (Lipinski definition) is 2. The van der Waals surface area contributed by atoms with Gasteiger partial charge in [-0.2, -0.15) is 0 Å². The molecule has 1 aliphatic rings. The molecule has 1 heterocycles. The molecule has 1 saturated heterocycles. The highest BCUT2D eigenvalue weighted by atomic mass is 16.5. The minimum absolute atomic E-state index is 0.0208. The molecule has 30 heavy (non-hydrogen) atoms. The Morgan fingerprint density at radius 2 is 1.80 bits per heavy atom. The van der Waals surface area contributed by atoms with E-state index in [-0.39, 0.29) is 17.6 Å². The van der Waals surface area contributed by atoms with Crippen molar-refractivity contribution in [1.29, 1.82) is 0 Å². The highest BCUT2D eigenvalue weighted by molar-refractivity contribution is 5.96. The number of methoxy groups -OCH3 is 1. The number of rotatable bonds is 9. The summed E-state index contributed by atoms with van der Waals surface area (Å²) in [5, 5.41) is 5.70. The van der Waals surface area contributed by atoms with Crippen molar-refractivity contribution < 1.29 is 19.1 Å². The molecule has 3 rings (SSSR count). The van der Waals surface area contributed by atoms with Crippen molar-refractivity contribution in [3.05, 3.63) is 59.7 Å². The van der Waals surface area contributed by atoms with Gasteiger partial charge in [0.2, 0.25) is 11.8 Å². The first-order valence-electron chi connectivity index (χ1n) is 10.1. The zero-order valence-electron chi connectivity index (χ0n) is 17.1. The molecule has 2 aromatic carbocycles. The Labute approximate surface area is 176 Å². The van der Waals surface area contributed by atoms with E-state index in [4.69, 9.17) is 4.74 Å². The lowest BCUT2D eigenvalue weighted by Crippen LogP contribution is -2.47. The largest absolute Gasteiger partial charge is 0.497 e. The number of nitrogens with zero attached hydrogens (tertiary/aromatic N) is 1. The van der Waals surface area contributed by atoms with Crippen LogP contribution in [0.3, 0.4) is 0 Å².